The number of nitrogens with one attached hydrogen (secondary N) is 3. The Morgan fingerprint density at radius 3 is 2.77 bits per heavy atom. The summed E-state index contributed by atoms with van der Waals surface area (Å²) < 4.78 is 26.3. The number of hydrogen-bond acceptors (Lipinski definition) is 5. The number of carbonyl (C=O) groups is 2. The van der Waals surface area contributed by atoms with Crippen LogP contribution in [0.3, 0.4) is 0 Å². The van der Waals surface area contributed by atoms with E-state index in [0.717, 1.165) is 16.2 Å². The van der Waals surface area contributed by atoms with Gasteiger partial charge in [-0.15, -0.1) is 0 Å². The van der Waals surface area contributed by atoms with Gasteiger partial charge in [-0.25, -0.2) is 13.8 Å². The smallest absolute Gasteiger partial charge is 0.267 e. The highest BCUT2D eigenvalue weighted by Crippen LogP contribution is 2.26. The van der Waals surface area contributed by atoms with Gasteiger partial charge in [0.05, 0.1) is 18.7 Å². The van der Waals surface area contributed by atoms with Gasteiger partial charge in [0.25, 0.3) is 11.8 Å². The van der Waals surface area contributed by atoms with Crippen molar-refractivity contribution in [3.63, 3.8) is 0 Å². The van der Waals surface area contributed by atoms with E-state index in [-0.39, 0.29) is 37.9 Å². The fourth-order valence-corrected chi connectivity index (χ4v) is 3.16. The van der Waals surface area contributed by atoms with Gasteiger partial charge in [-0.2, -0.15) is 0 Å². The van der Waals surface area contributed by atoms with Crippen molar-refractivity contribution in [2.24, 2.45) is 0 Å². The molecular formula is C21H25F2N5O2. The highest BCUT2D eigenvalue weighted by atomic mass is 19.3. The summed E-state index contributed by atoms with van der Waals surface area (Å²) in [5.74, 6) is -3.02. The van der Waals surface area contributed by atoms with Gasteiger partial charge < -0.3 is 20.9 Å². The first-order valence-corrected chi connectivity index (χ1v) is 9.77. The number of halogens is 2. The number of likely N-dealkylation sites (tertiary alicyclic amines) is 1. The Morgan fingerprint density at radius 1 is 1.20 bits per heavy atom. The van der Waals surface area contributed by atoms with Crippen molar-refractivity contribution >= 4 is 23.3 Å². The monoisotopic (exact) mass is 417 g/mol. The van der Waals surface area contributed by atoms with E-state index in [1.165, 1.54) is 0 Å². The zero-order valence-corrected chi connectivity index (χ0v) is 16.8. The number of alkyl halides is 2. The summed E-state index contributed by atoms with van der Waals surface area (Å²) in [6.07, 6.45) is 1.31. The Kier molecular flexibility index (Phi) is 6.94. The summed E-state index contributed by atoms with van der Waals surface area (Å²) in [5.41, 5.74) is 2.31. The van der Waals surface area contributed by atoms with Crippen LogP contribution in [-0.2, 0) is 4.79 Å². The number of nitrogens with zero attached hydrogens (tertiary/aromatic N) is 2. The standard InChI is InChI=1S/C21H25F2N5O2/c1-15-4-2-5-16(12-15)27-19-17(6-3-8-25-19)20(30)26-10-9-24-13-18(29)28-11-7-21(22,23)14-28/h2-6,8,12,24H,7,9-11,13-14H2,1H3,(H,25,27)(H,26,30). The highest BCUT2D eigenvalue weighted by Gasteiger charge is 2.39. The van der Waals surface area contributed by atoms with Gasteiger partial charge in [0.1, 0.15) is 5.82 Å². The van der Waals surface area contributed by atoms with Gasteiger partial charge in [-0.1, -0.05) is 12.1 Å². The molecule has 1 aromatic carbocycles. The fourth-order valence-electron chi connectivity index (χ4n) is 3.16. The van der Waals surface area contributed by atoms with E-state index >= 15 is 0 Å². The van der Waals surface area contributed by atoms with Gasteiger partial charge in [0.2, 0.25) is 5.91 Å². The second-order valence-corrected chi connectivity index (χ2v) is 7.25. The minimum atomic E-state index is -2.79. The molecule has 0 saturated carbocycles. The third kappa shape index (κ3) is 5.96. The van der Waals surface area contributed by atoms with Crippen LogP contribution >= 0.6 is 0 Å². The van der Waals surface area contributed by atoms with Crippen LogP contribution in [0.4, 0.5) is 20.3 Å². The molecule has 2 aromatic rings. The lowest BCUT2D eigenvalue weighted by Crippen LogP contribution is -2.40. The Labute approximate surface area is 173 Å². The number of anilines is 2. The number of aryl methyl sites for hydroxylation is 1. The van der Waals surface area contributed by atoms with Gasteiger partial charge in [-0.05, 0) is 36.8 Å². The maximum Gasteiger partial charge on any atom is 0.267 e. The van der Waals surface area contributed by atoms with Crippen LogP contribution in [0.5, 0.6) is 0 Å². The normalized spacial score (nSPS) is 15.1. The SMILES string of the molecule is Cc1cccc(Nc2ncccc2C(=O)NCCNCC(=O)N2CCC(F)(F)C2)c1. The van der Waals surface area contributed by atoms with Crippen LogP contribution in [0.15, 0.2) is 42.6 Å². The Balaban J connectivity index is 1.45. The van der Waals surface area contributed by atoms with Crippen molar-refractivity contribution in [2.75, 3.05) is 38.0 Å². The summed E-state index contributed by atoms with van der Waals surface area (Å²) in [5, 5.41) is 8.79. The minimum Gasteiger partial charge on any atom is -0.351 e. The lowest BCUT2D eigenvalue weighted by molar-refractivity contribution is -0.130. The van der Waals surface area contributed by atoms with Crippen LogP contribution < -0.4 is 16.0 Å². The summed E-state index contributed by atoms with van der Waals surface area (Å²) >= 11 is 0. The molecule has 1 aliphatic heterocycles. The quantitative estimate of drug-likeness (QED) is 0.574. The molecule has 0 spiro atoms. The summed E-state index contributed by atoms with van der Waals surface area (Å²) in [4.78, 5) is 29.8. The van der Waals surface area contributed by atoms with Crippen LogP contribution in [0.25, 0.3) is 0 Å². The third-order valence-electron chi connectivity index (χ3n) is 4.72. The van der Waals surface area contributed by atoms with Gasteiger partial charge in [0, 0.05) is 37.9 Å². The molecule has 1 fully saturated rings. The number of carbonyl (C=O) groups excluding carboxylic acids is 2. The molecule has 3 N–H and O–H groups in total. The molecule has 0 bridgehead atoms. The second kappa shape index (κ2) is 9.62. The number of aromatic nitrogens is 1. The van der Waals surface area contributed by atoms with Crippen LogP contribution in [-0.4, -0.2) is 60.3 Å². The Hall–Kier alpha value is -3.07. The predicted molar refractivity (Wildman–Crippen MR) is 110 cm³/mol. The topological polar surface area (TPSA) is 86.4 Å². The molecule has 0 unspecified atom stereocenters. The van der Waals surface area contributed by atoms with Gasteiger partial charge >= 0.3 is 0 Å². The van der Waals surface area contributed by atoms with E-state index in [0.29, 0.717) is 17.9 Å². The van der Waals surface area contributed by atoms with Crippen molar-refractivity contribution in [3.8, 4) is 0 Å². The molecule has 30 heavy (non-hydrogen) atoms. The minimum absolute atomic E-state index is 0.0427. The lowest BCUT2D eigenvalue weighted by atomic mass is 10.2. The van der Waals surface area contributed by atoms with E-state index in [1.54, 1.807) is 18.3 Å². The van der Waals surface area contributed by atoms with Crippen LogP contribution in [0.2, 0.25) is 0 Å². The van der Waals surface area contributed by atoms with Gasteiger partial charge in [0.15, 0.2) is 0 Å². The number of benzene rings is 1. The molecule has 3 rings (SSSR count). The molecule has 0 atom stereocenters. The van der Waals surface area contributed by atoms with E-state index in [2.05, 4.69) is 20.9 Å². The van der Waals surface area contributed by atoms with E-state index < -0.39 is 12.5 Å². The van der Waals surface area contributed by atoms with E-state index in [9.17, 15) is 18.4 Å². The summed E-state index contributed by atoms with van der Waals surface area (Å²) in [7, 11) is 0. The molecule has 160 valence electrons. The van der Waals surface area contributed by atoms with E-state index in [1.807, 2.05) is 31.2 Å². The number of rotatable bonds is 8. The summed E-state index contributed by atoms with van der Waals surface area (Å²) in [6.45, 7) is 2.09. The Morgan fingerprint density at radius 2 is 2.03 bits per heavy atom. The van der Waals surface area contributed by atoms with Crippen LogP contribution in [0, 0.1) is 6.92 Å². The lowest BCUT2D eigenvalue weighted by Gasteiger charge is -2.16. The van der Waals surface area contributed by atoms with Crippen molar-refractivity contribution in [1.82, 2.24) is 20.5 Å². The highest BCUT2D eigenvalue weighted by molar-refractivity contribution is 5.99. The number of hydrogen-bond donors (Lipinski definition) is 3. The first-order chi connectivity index (χ1) is 14.3. The molecule has 1 aromatic heterocycles. The maximum absolute atomic E-state index is 13.2. The average molecular weight is 417 g/mol. The number of amides is 2. The molecular weight excluding hydrogens is 392 g/mol. The van der Waals surface area contributed by atoms with E-state index in [4.69, 9.17) is 0 Å². The first kappa shape index (κ1) is 21.6. The van der Waals surface area contributed by atoms with Gasteiger partial charge in [-0.3, -0.25) is 9.59 Å². The number of pyridine rings is 1. The molecule has 7 nitrogen and oxygen atoms in total. The average Bonchev–Trinajstić information content (AvgIpc) is 3.08. The maximum atomic E-state index is 13.2. The van der Waals surface area contributed by atoms with Crippen molar-refractivity contribution < 1.29 is 18.4 Å². The summed E-state index contributed by atoms with van der Waals surface area (Å²) in [6, 6.07) is 11.1. The second-order valence-electron chi connectivity index (χ2n) is 7.25. The molecule has 1 saturated heterocycles. The molecule has 2 heterocycles. The largest absolute Gasteiger partial charge is 0.351 e. The Bertz CT molecular complexity index is 906. The zero-order chi connectivity index (χ0) is 21.6. The molecule has 2 amide bonds. The molecule has 0 radical (unpaired) electrons. The predicted octanol–water partition coefficient (Wildman–Crippen LogP) is 2.32. The first-order valence-electron chi connectivity index (χ1n) is 9.77. The molecule has 9 heteroatoms. The van der Waals surface area contributed by atoms with Crippen LogP contribution in [0.1, 0.15) is 22.3 Å². The molecule has 1 aliphatic rings. The third-order valence-corrected chi connectivity index (χ3v) is 4.72. The van der Waals surface area contributed by atoms with Crippen molar-refractivity contribution in [2.45, 2.75) is 19.3 Å². The fraction of sp³-hybridized carbons (Fsp3) is 0.381. The molecule has 0 aliphatic carbocycles. The van der Waals surface area contributed by atoms with Crippen molar-refractivity contribution in [1.29, 1.82) is 0 Å². The zero-order valence-electron chi connectivity index (χ0n) is 16.8. The van der Waals surface area contributed by atoms with Crippen molar-refractivity contribution in [3.05, 3.63) is 53.7 Å².